The molecule has 1 aliphatic rings. The number of piperidine rings is 1. The maximum atomic E-state index is 13.8. The Morgan fingerprint density at radius 3 is 2.54 bits per heavy atom. The van der Waals surface area contributed by atoms with E-state index in [-0.39, 0.29) is 18.7 Å². The van der Waals surface area contributed by atoms with Gasteiger partial charge < -0.3 is 14.7 Å². The molecule has 3 rings (SSSR count). The van der Waals surface area contributed by atoms with Crippen molar-refractivity contribution in [2.45, 2.75) is 18.4 Å². The van der Waals surface area contributed by atoms with Crippen LogP contribution in [0.15, 0.2) is 42.5 Å². The first-order valence-electron chi connectivity index (χ1n) is 8.21. The Labute approximate surface area is 148 Å². The Morgan fingerprint density at radius 1 is 1.12 bits per heavy atom. The van der Waals surface area contributed by atoms with Crippen LogP contribution in [0.2, 0.25) is 0 Å². The Balaban J connectivity index is 1.68. The van der Waals surface area contributed by atoms with Gasteiger partial charge in [0.2, 0.25) is 0 Å². The minimum Gasteiger partial charge on any atom is -0.491 e. The van der Waals surface area contributed by atoms with Crippen LogP contribution in [-0.4, -0.2) is 41.2 Å². The summed E-state index contributed by atoms with van der Waals surface area (Å²) in [6.45, 7) is 0.157. The largest absolute Gasteiger partial charge is 0.491 e. The molecule has 0 spiro atoms. The predicted molar refractivity (Wildman–Crippen MR) is 88.3 cm³/mol. The summed E-state index contributed by atoms with van der Waals surface area (Å²) in [4.78, 5) is 13.8. The molecule has 2 aromatic carbocycles. The molecule has 0 aromatic heterocycles. The normalized spacial score (nSPS) is 20.1. The molecule has 0 radical (unpaired) electrons. The Bertz CT molecular complexity index is 797. The lowest BCUT2D eigenvalue weighted by Crippen LogP contribution is -2.53. The van der Waals surface area contributed by atoms with Gasteiger partial charge in [-0.2, -0.15) is 0 Å². The van der Waals surface area contributed by atoms with Gasteiger partial charge in [-0.15, -0.1) is 0 Å². The molecule has 1 atom stereocenters. The van der Waals surface area contributed by atoms with E-state index in [0.29, 0.717) is 25.1 Å². The van der Waals surface area contributed by atoms with E-state index in [1.54, 1.807) is 0 Å². The highest BCUT2D eigenvalue weighted by Crippen LogP contribution is 2.25. The third-order valence-electron chi connectivity index (χ3n) is 4.32. The van der Waals surface area contributed by atoms with E-state index in [1.165, 1.54) is 29.2 Å². The second-order valence-corrected chi connectivity index (χ2v) is 6.42. The molecule has 1 amide bonds. The minimum atomic E-state index is -1.33. The molecule has 2 aromatic rings. The van der Waals surface area contributed by atoms with Gasteiger partial charge in [0.1, 0.15) is 35.4 Å². The summed E-state index contributed by atoms with van der Waals surface area (Å²) in [5.74, 6) is -2.21. The van der Waals surface area contributed by atoms with E-state index in [1.807, 2.05) is 0 Å². The number of likely N-dealkylation sites (tertiary alicyclic amines) is 1. The summed E-state index contributed by atoms with van der Waals surface area (Å²) in [5.41, 5.74) is -1.69. The summed E-state index contributed by atoms with van der Waals surface area (Å²) in [5, 5.41) is 10.7. The molecule has 0 saturated carbocycles. The summed E-state index contributed by atoms with van der Waals surface area (Å²) in [7, 11) is 0. The number of carbonyl (C=O) groups is 1. The molecule has 7 heteroatoms. The molecule has 1 heterocycles. The lowest BCUT2D eigenvalue weighted by atomic mass is 9.93. The maximum Gasteiger partial charge on any atom is 0.257 e. The summed E-state index contributed by atoms with van der Waals surface area (Å²) < 4.78 is 45.6. The lowest BCUT2D eigenvalue weighted by Gasteiger charge is -2.39. The van der Waals surface area contributed by atoms with Gasteiger partial charge in [0, 0.05) is 6.54 Å². The van der Waals surface area contributed by atoms with E-state index in [0.717, 1.165) is 18.2 Å². The van der Waals surface area contributed by atoms with Gasteiger partial charge in [0.25, 0.3) is 5.91 Å². The number of nitrogens with zero attached hydrogens (tertiary/aromatic N) is 1. The molecule has 138 valence electrons. The molecule has 1 unspecified atom stereocenters. The van der Waals surface area contributed by atoms with Crippen LogP contribution in [0, 0.1) is 17.5 Å². The van der Waals surface area contributed by atoms with Crippen molar-refractivity contribution in [1.29, 1.82) is 0 Å². The highest BCUT2D eigenvalue weighted by atomic mass is 19.1. The van der Waals surface area contributed by atoms with Gasteiger partial charge in [-0.1, -0.05) is 0 Å². The summed E-state index contributed by atoms with van der Waals surface area (Å²) in [6, 6.07) is 8.04. The van der Waals surface area contributed by atoms with Crippen molar-refractivity contribution in [3.8, 4) is 5.75 Å². The smallest absolute Gasteiger partial charge is 0.257 e. The van der Waals surface area contributed by atoms with Crippen LogP contribution in [0.1, 0.15) is 23.2 Å². The number of benzene rings is 2. The van der Waals surface area contributed by atoms with Crippen LogP contribution in [0.25, 0.3) is 0 Å². The number of ether oxygens (including phenoxy) is 1. The Morgan fingerprint density at radius 2 is 1.81 bits per heavy atom. The number of β-amino-alcohol motifs (C(OH)–C–C–N with tert-alkyl or cyclic N) is 1. The number of aliphatic hydroxyl groups is 1. The number of halogens is 3. The van der Waals surface area contributed by atoms with Gasteiger partial charge in [-0.05, 0) is 55.3 Å². The van der Waals surface area contributed by atoms with E-state index in [4.69, 9.17) is 4.74 Å². The van der Waals surface area contributed by atoms with Crippen molar-refractivity contribution < 1.29 is 27.8 Å². The number of hydrogen-bond acceptors (Lipinski definition) is 3. The van der Waals surface area contributed by atoms with Gasteiger partial charge in [-0.3, -0.25) is 4.79 Å². The van der Waals surface area contributed by atoms with E-state index in [2.05, 4.69) is 0 Å². The molecule has 1 fully saturated rings. The minimum absolute atomic E-state index is 0.0665. The number of hydrogen-bond donors (Lipinski definition) is 1. The summed E-state index contributed by atoms with van der Waals surface area (Å²) in [6.07, 6.45) is 0.884. The monoisotopic (exact) mass is 365 g/mol. The van der Waals surface area contributed by atoms with Crippen LogP contribution in [0.5, 0.6) is 5.75 Å². The van der Waals surface area contributed by atoms with Gasteiger partial charge in [-0.25, -0.2) is 13.2 Å². The highest BCUT2D eigenvalue weighted by molar-refractivity contribution is 5.94. The molecular formula is C19H18F3NO3. The molecule has 1 aliphatic heterocycles. The predicted octanol–water partition coefficient (Wildman–Crippen LogP) is 3.15. The van der Waals surface area contributed by atoms with E-state index >= 15 is 0 Å². The zero-order valence-electron chi connectivity index (χ0n) is 13.9. The quantitative estimate of drug-likeness (QED) is 0.906. The average molecular weight is 365 g/mol. The van der Waals surface area contributed by atoms with E-state index in [9.17, 15) is 23.1 Å². The van der Waals surface area contributed by atoms with Crippen molar-refractivity contribution in [3.63, 3.8) is 0 Å². The van der Waals surface area contributed by atoms with Crippen molar-refractivity contribution >= 4 is 5.91 Å². The van der Waals surface area contributed by atoms with E-state index < -0.39 is 29.0 Å². The topological polar surface area (TPSA) is 49.8 Å². The first kappa shape index (κ1) is 18.3. The number of rotatable bonds is 4. The zero-order chi connectivity index (χ0) is 18.7. The first-order valence-corrected chi connectivity index (χ1v) is 8.21. The van der Waals surface area contributed by atoms with Crippen molar-refractivity contribution in [3.05, 3.63) is 65.5 Å². The van der Waals surface area contributed by atoms with Crippen molar-refractivity contribution in [2.75, 3.05) is 19.7 Å². The molecule has 1 N–H and O–H groups in total. The molecule has 4 nitrogen and oxygen atoms in total. The fraction of sp³-hybridized carbons (Fsp3) is 0.316. The second kappa shape index (κ2) is 7.37. The molecule has 26 heavy (non-hydrogen) atoms. The van der Waals surface area contributed by atoms with Crippen LogP contribution >= 0.6 is 0 Å². The first-order chi connectivity index (χ1) is 12.4. The standard InChI is InChI=1S/C19H18F3NO3/c20-13-2-5-15(6-3-13)26-12-19(25)8-1-9-23(11-19)18(24)16-10-14(21)4-7-17(16)22/h2-7,10,25H,1,8-9,11-12H2. The summed E-state index contributed by atoms with van der Waals surface area (Å²) >= 11 is 0. The molecule has 0 bridgehead atoms. The molecular weight excluding hydrogens is 347 g/mol. The average Bonchev–Trinajstić information content (AvgIpc) is 2.63. The Kier molecular flexibility index (Phi) is 5.18. The Hall–Kier alpha value is -2.54. The fourth-order valence-electron chi connectivity index (χ4n) is 2.98. The third kappa shape index (κ3) is 4.16. The van der Waals surface area contributed by atoms with Gasteiger partial charge >= 0.3 is 0 Å². The van der Waals surface area contributed by atoms with Crippen LogP contribution in [-0.2, 0) is 0 Å². The number of amides is 1. The van der Waals surface area contributed by atoms with Gasteiger partial charge in [0.05, 0.1) is 12.1 Å². The van der Waals surface area contributed by atoms with Gasteiger partial charge in [0.15, 0.2) is 0 Å². The molecule has 1 saturated heterocycles. The number of carbonyl (C=O) groups excluding carboxylic acids is 1. The lowest BCUT2D eigenvalue weighted by molar-refractivity contribution is -0.0532. The highest BCUT2D eigenvalue weighted by Gasteiger charge is 2.37. The van der Waals surface area contributed by atoms with Crippen molar-refractivity contribution in [1.82, 2.24) is 4.90 Å². The van der Waals surface area contributed by atoms with Crippen LogP contribution in [0.3, 0.4) is 0 Å². The van der Waals surface area contributed by atoms with Crippen LogP contribution in [0.4, 0.5) is 13.2 Å². The zero-order valence-corrected chi connectivity index (χ0v) is 13.9. The third-order valence-corrected chi connectivity index (χ3v) is 4.32. The SMILES string of the molecule is O=C(c1cc(F)ccc1F)N1CCCC(O)(COc2ccc(F)cc2)C1. The van der Waals surface area contributed by atoms with Crippen LogP contribution < -0.4 is 4.74 Å². The molecule has 0 aliphatic carbocycles. The van der Waals surface area contributed by atoms with Crippen molar-refractivity contribution in [2.24, 2.45) is 0 Å². The maximum absolute atomic E-state index is 13.8. The fourth-order valence-corrected chi connectivity index (χ4v) is 2.98. The second-order valence-electron chi connectivity index (χ2n) is 6.42.